The van der Waals surface area contributed by atoms with Crippen LogP contribution in [0.3, 0.4) is 0 Å². The van der Waals surface area contributed by atoms with E-state index in [-0.39, 0.29) is 17.5 Å². The molecule has 0 aromatic heterocycles. The number of hydrogen-bond donors (Lipinski definition) is 1. The van der Waals surface area contributed by atoms with Crippen molar-refractivity contribution in [3.63, 3.8) is 0 Å². The van der Waals surface area contributed by atoms with Gasteiger partial charge in [0, 0.05) is 12.0 Å². The molecule has 0 spiro atoms. The third kappa shape index (κ3) is 3.30. The molecule has 1 N–H and O–H groups in total. The van der Waals surface area contributed by atoms with E-state index in [9.17, 15) is 14.9 Å². The second kappa shape index (κ2) is 5.82. The van der Waals surface area contributed by atoms with Crippen LogP contribution in [-0.2, 0) is 4.79 Å². The molecule has 1 saturated carbocycles. The molecule has 0 heterocycles. The van der Waals surface area contributed by atoms with Gasteiger partial charge >= 0.3 is 0 Å². The Balaban J connectivity index is 2.13. The molecule has 5 heteroatoms. The van der Waals surface area contributed by atoms with E-state index in [1.54, 1.807) is 19.1 Å². The van der Waals surface area contributed by atoms with Crippen molar-refractivity contribution in [3.8, 4) is 0 Å². The molecule has 0 unspecified atom stereocenters. The Kier molecular flexibility index (Phi) is 4.14. The monoisotopic (exact) mass is 262 g/mol. The van der Waals surface area contributed by atoms with Crippen LogP contribution < -0.4 is 5.32 Å². The molecule has 1 aliphatic rings. The highest BCUT2D eigenvalue weighted by atomic mass is 16.6. The number of rotatable bonds is 3. The fourth-order valence-electron chi connectivity index (χ4n) is 2.50. The number of hydrogen-bond acceptors (Lipinski definition) is 3. The molecule has 0 atom stereocenters. The third-order valence-corrected chi connectivity index (χ3v) is 3.58. The van der Waals surface area contributed by atoms with Gasteiger partial charge in [-0.2, -0.15) is 0 Å². The number of anilines is 1. The molecule has 5 nitrogen and oxygen atoms in total. The van der Waals surface area contributed by atoms with Gasteiger partial charge in [0.2, 0.25) is 5.91 Å². The van der Waals surface area contributed by atoms with Crippen LogP contribution in [0.15, 0.2) is 18.2 Å². The van der Waals surface area contributed by atoms with E-state index >= 15 is 0 Å². The van der Waals surface area contributed by atoms with Gasteiger partial charge in [0.15, 0.2) is 0 Å². The zero-order valence-corrected chi connectivity index (χ0v) is 11.0. The van der Waals surface area contributed by atoms with E-state index < -0.39 is 4.92 Å². The Labute approximate surface area is 112 Å². The lowest BCUT2D eigenvalue weighted by atomic mass is 9.88. The van der Waals surface area contributed by atoms with Gasteiger partial charge in [0.25, 0.3) is 5.69 Å². The molecule has 1 fully saturated rings. The molecule has 1 aromatic carbocycles. The summed E-state index contributed by atoms with van der Waals surface area (Å²) < 4.78 is 0. The fourth-order valence-corrected chi connectivity index (χ4v) is 2.50. The first kappa shape index (κ1) is 13.5. The summed E-state index contributed by atoms with van der Waals surface area (Å²) in [5.74, 6) is -0.0960. The number of carbonyl (C=O) groups is 1. The zero-order chi connectivity index (χ0) is 13.8. The number of nitrogens with one attached hydrogen (secondary N) is 1. The summed E-state index contributed by atoms with van der Waals surface area (Å²) in [5.41, 5.74) is 1.07. The second-order valence-corrected chi connectivity index (χ2v) is 5.10. The number of carbonyl (C=O) groups excluding carboxylic acids is 1. The number of nitrogens with zero attached hydrogens (tertiary/aromatic N) is 1. The summed E-state index contributed by atoms with van der Waals surface area (Å²) in [7, 11) is 0. The lowest BCUT2D eigenvalue weighted by Gasteiger charge is -2.20. The Bertz CT molecular complexity index is 493. The quantitative estimate of drug-likeness (QED) is 0.670. The standard InChI is InChI=1S/C14H18N2O3/c1-10-7-8-12(13(9-10)16(18)19)15-14(17)11-5-3-2-4-6-11/h7-9,11H,2-6H2,1H3,(H,15,17). The number of nitro groups is 1. The second-order valence-electron chi connectivity index (χ2n) is 5.10. The van der Waals surface area contributed by atoms with Gasteiger partial charge in [0.1, 0.15) is 5.69 Å². The van der Waals surface area contributed by atoms with Crippen molar-refractivity contribution in [2.75, 3.05) is 5.32 Å². The maximum Gasteiger partial charge on any atom is 0.293 e. The highest BCUT2D eigenvalue weighted by molar-refractivity contribution is 5.94. The molecular weight excluding hydrogens is 244 g/mol. The van der Waals surface area contributed by atoms with Crippen molar-refractivity contribution in [3.05, 3.63) is 33.9 Å². The van der Waals surface area contributed by atoms with Gasteiger partial charge in [-0.15, -0.1) is 0 Å². The van der Waals surface area contributed by atoms with Crippen molar-refractivity contribution < 1.29 is 9.72 Å². The van der Waals surface area contributed by atoms with Gasteiger partial charge in [-0.05, 0) is 31.4 Å². The van der Waals surface area contributed by atoms with Gasteiger partial charge in [-0.3, -0.25) is 14.9 Å². The van der Waals surface area contributed by atoms with Crippen LogP contribution in [0.2, 0.25) is 0 Å². The highest BCUT2D eigenvalue weighted by Crippen LogP contribution is 2.28. The molecular formula is C14H18N2O3. The van der Waals surface area contributed by atoms with Gasteiger partial charge in [-0.25, -0.2) is 0 Å². The minimum Gasteiger partial charge on any atom is -0.320 e. The van der Waals surface area contributed by atoms with Crippen molar-refractivity contribution >= 4 is 17.3 Å². The van der Waals surface area contributed by atoms with Crippen LogP contribution >= 0.6 is 0 Å². The van der Waals surface area contributed by atoms with E-state index in [1.807, 2.05) is 0 Å². The van der Waals surface area contributed by atoms with Gasteiger partial charge in [0.05, 0.1) is 4.92 Å². The maximum absolute atomic E-state index is 12.1. The predicted octanol–water partition coefficient (Wildman–Crippen LogP) is 3.42. The molecule has 1 aromatic rings. The maximum atomic E-state index is 12.1. The SMILES string of the molecule is Cc1ccc(NC(=O)C2CCCCC2)c([N+](=O)[O-])c1. The van der Waals surface area contributed by atoms with Crippen LogP contribution in [0.25, 0.3) is 0 Å². The predicted molar refractivity (Wildman–Crippen MR) is 73.0 cm³/mol. The number of aryl methyl sites for hydroxylation is 1. The first-order valence-electron chi connectivity index (χ1n) is 6.64. The summed E-state index contributed by atoms with van der Waals surface area (Å²) in [4.78, 5) is 22.6. The summed E-state index contributed by atoms with van der Waals surface area (Å²) in [6.45, 7) is 1.79. The molecule has 2 rings (SSSR count). The van der Waals surface area contributed by atoms with Crippen LogP contribution in [0.4, 0.5) is 11.4 Å². The Morgan fingerprint density at radius 1 is 1.32 bits per heavy atom. The molecule has 1 aliphatic carbocycles. The minimum absolute atomic E-state index is 0.00495. The molecule has 0 saturated heterocycles. The molecule has 102 valence electrons. The largest absolute Gasteiger partial charge is 0.320 e. The average molecular weight is 262 g/mol. The van der Waals surface area contributed by atoms with Crippen molar-refractivity contribution in [1.29, 1.82) is 0 Å². The van der Waals surface area contributed by atoms with E-state index in [0.717, 1.165) is 31.2 Å². The number of nitro benzene ring substituents is 1. The lowest BCUT2D eigenvalue weighted by molar-refractivity contribution is -0.384. The first-order valence-corrected chi connectivity index (χ1v) is 6.64. The molecule has 0 bridgehead atoms. The summed E-state index contributed by atoms with van der Waals surface area (Å²) in [6, 6.07) is 4.86. The van der Waals surface area contributed by atoms with E-state index in [4.69, 9.17) is 0 Å². The van der Waals surface area contributed by atoms with Crippen LogP contribution in [0, 0.1) is 23.0 Å². The normalized spacial score (nSPS) is 16.1. The third-order valence-electron chi connectivity index (χ3n) is 3.58. The lowest BCUT2D eigenvalue weighted by Crippen LogP contribution is -2.25. The van der Waals surface area contributed by atoms with Crippen molar-refractivity contribution in [1.82, 2.24) is 0 Å². The Hall–Kier alpha value is -1.91. The smallest absolute Gasteiger partial charge is 0.293 e. The average Bonchev–Trinajstić information content (AvgIpc) is 2.41. The topological polar surface area (TPSA) is 72.2 Å². The zero-order valence-electron chi connectivity index (χ0n) is 11.0. The Morgan fingerprint density at radius 2 is 2.00 bits per heavy atom. The molecule has 0 aliphatic heterocycles. The van der Waals surface area contributed by atoms with Gasteiger partial charge < -0.3 is 5.32 Å². The summed E-state index contributed by atoms with van der Waals surface area (Å²) >= 11 is 0. The van der Waals surface area contributed by atoms with Crippen LogP contribution in [-0.4, -0.2) is 10.8 Å². The summed E-state index contributed by atoms with van der Waals surface area (Å²) in [5, 5.41) is 13.7. The van der Waals surface area contributed by atoms with E-state index in [2.05, 4.69) is 5.32 Å². The first-order chi connectivity index (χ1) is 9.08. The number of benzene rings is 1. The van der Waals surface area contributed by atoms with E-state index in [0.29, 0.717) is 5.69 Å². The summed E-state index contributed by atoms with van der Waals surface area (Å²) in [6.07, 6.45) is 5.06. The Morgan fingerprint density at radius 3 is 2.63 bits per heavy atom. The van der Waals surface area contributed by atoms with Crippen LogP contribution in [0.1, 0.15) is 37.7 Å². The number of amides is 1. The van der Waals surface area contributed by atoms with Gasteiger partial charge in [-0.1, -0.05) is 25.3 Å². The fraction of sp³-hybridized carbons (Fsp3) is 0.500. The molecule has 0 radical (unpaired) electrons. The molecule has 19 heavy (non-hydrogen) atoms. The van der Waals surface area contributed by atoms with Crippen molar-refractivity contribution in [2.45, 2.75) is 39.0 Å². The molecule has 1 amide bonds. The van der Waals surface area contributed by atoms with Crippen molar-refractivity contribution in [2.24, 2.45) is 5.92 Å². The highest BCUT2D eigenvalue weighted by Gasteiger charge is 2.23. The van der Waals surface area contributed by atoms with Crippen LogP contribution in [0.5, 0.6) is 0 Å². The minimum atomic E-state index is -0.455. The van der Waals surface area contributed by atoms with E-state index in [1.165, 1.54) is 12.5 Å².